The summed E-state index contributed by atoms with van der Waals surface area (Å²) in [5, 5.41) is 4.37. The molecule has 3 rings (SSSR count). The summed E-state index contributed by atoms with van der Waals surface area (Å²) in [6.45, 7) is 3.85. The number of nitrogens with one attached hydrogen (secondary N) is 1. The molecule has 0 heterocycles. The molecule has 0 atom stereocenters. The van der Waals surface area contributed by atoms with E-state index >= 15 is 0 Å². The molecule has 0 spiro atoms. The third kappa shape index (κ3) is 6.69. The molecule has 6 nitrogen and oxygen atoms in total. The van der Waals surface area contributed by atoms with Crippen LogP contribution in [-0.2, 0) is 4.79 Å². The zero-order valence-corrected chi connectivity index (χ0v) is 17.8. The Balaban J connectivity index is 1.47. The van der Waals surface area contributed by atoms with Gasteiger partial charge in [-0.3, -0.25) is 4.79 Å². The third-order valence-electron chi connectivity index (χ3n) is 4.40. The molecule has 0 aromatic heterocycles. The highest BCUT2D eigenvalue weighted by molar-refractivity contribution is 6.30. The minimum atomic E-state index is -0.500. The first kappa shape index (κ1) is 22.1. The number of aryl methyl sites for hydroxylation is 2. The van der Waals surface area contributed by atoms with E-state index in [0.29, 0.717) is 22.1 Å². The first-order valence-corrected chi connectivity index (χ1v) is 9.88. The van der Waals surface area contributed by atoms with E-state index in [1.54, 1.807) is 42.5 Å². The molecule has 0 bridgehead atoms. The molecule has 3 aromatic rings. The van der Waals surface area contributed by atoms with Crippen LogP contribution in [0.2, 0.25) is 5.02 Å². The lowest BCUT2D eigenvalue weighted by Crippen LogP contribution is -2.24. The highest BCUT2D eigenvalue weighted by atomic mass is 35.5. The summed E-state index contributed by atoms with van der Waals surface area (Å²) in [5.41, 5.74) is 5.75. The van der Waals surface area contributed by atoms with Crippen LogP contribution in [0.1, 0.15) is 27.0 Å². The van der Waals surface area contributed by atoms with Gasteiger partial charge >= 0.3 is 5.97 Å². The predicted octanol–water partition coefficient (Wildman–Crippen LogP) is 4.71. The van der Waals surface area contributed by atoms with Crippen molar-refractivity contribution in [1.29, 1.82) is 0 Å². The van der Waals surface area contributed by atoms with Crippen molar-refractivity contribution in [2.45, 2.75) is 13.8 Å². The Morgan fingerprint density at radius 3 is 2.42 bits per heavy atom. The molecule has 31 heavy (non-hydrogen) atoms. The summed E-state index contributed by atoms with van der Waals surface area (Å²) in [5.74, 6) is 0.139. The van der Waals surface area contributed by atoms with Gasteiger partial charge in [0.2, 0.25) is 0 Å². The number of nitrogens with zero attached hydrogens (tertiary/aromatic N) is 1. The van der Waals surface area contributed by atoms with E-state index in [2.05, 4.69) is 10.5 Å². The second-order valence-corrected chi connectivity index (χ2v) is 7.23. The Labute approximate surface area is 185 Å². The highest BCUT2D eigenvalue weighted by Crippen LogP contribution is 2.17. The van der Waals surface area contributed by atoms with E-state index in [1.165, 1.54) is 12.3 Å². The van der Waals surface area contributed by atoms with Gasteiger partial charge in [0.25, 0.3) is 5.91 Å². The van der Waals surface area contributed by atoms with Crippen LogP contribution in [0, 0.1) is 13.8 Å². The van der Waals surface area contributed by atoms with Crippen molar-refractivity contribution in [3.05, 3.63) is 94.0 Å². The van der Waals surface area contributed by atoms with Crippen LogP contribution in [0.4, 0.5) is 0 Å². The number of esters is 1. The highest BCUT2D eigenvalue weighted by Gasteiger charge is 2.09. The Morgan fingerprint density at radius 1 is 0.968 bits per heavy atom. The smallest absolute Gasteiger partial charge is 0.343 e. The topological polar surface area (TPSA) is 77.0 Å². The van der Waals surface area contributed by atoms with Gasteiger partial charge in [0.1, 0.15) is 11.5 Å². The van der Waals surface area contributed by atoms with Crippen LogP contribution >= 0.6 is 11.6 Å². The van der Waals surface area contributed by atoms with Crippen LogP contribution < -0.4 is 14.9 Å². The van der Waals surface area contributed by atoms with E-state index in [9.17, 15) is 9.59 Å². The number of hydrogen-bond acceptors (Lipinski definition) is 5. The van der Waals surface area contributed by atoms with Crippen LogP contribution in [0.3, 0.4) is 0 Å². The van der Waals surface area contributed by atoms with Gasteiger partial charge in [0.15, 0.2) is 6.61 Å². The quantitative estimate of drug-likeness (QED) is 0.252. The van der Waals surface area contributed by atoms with Gasteiger partial charge in [0.05, 0.1) is 11.8 Å². The van der Waals surface area contributed by atoms with Crippen molar-refractivity contribution in [3.63, 3.8) is 0 Å². The molecule has 0 radical (unpaired) electrons. The van der Waals surface area contributed by atoms with Crippen LogP contribution in [0.15, 0.2) is 71.8 Å². The number of carbonyl (C=O) groups is 2. The molecule has 0 aliphatic rings. The van der Waals surface area contributed by atoms with Gasteiger partial charge in [-0.15, -0.1) is 0 Å². The molecule has 1 amide bonds. The standard InChI is InChI=1S/C24H21ClN2O4/c1-16-6-9-22(12-17(16)2)30-15-23(28)27-26-14-18-7-10-21(11-8-18)31-24(29)19-4-3-5-20(25)13-19/h3-14H,15H2,1-2H3,(H,27,28)/b26-14-. The first-order chi connectivity index (χ1) is 14.9. The monoisotopic (exact) mass is 436 g/mol. The molecule has 0 unspecified atom stereocenters. The molecular formula is C24H21ClN2O4. The average Bonchev–Trinajstić information content (AvgIpc) is 2.76. The van der Waals surface area contributed by atoms with E-state index < -0.39 is 5.97 Å². The second-order valence-electron chi connectivity index (χ2n) is 6.80. The van der Waals surface area contributed by atoms with E-state index in [0.717, 1.165) is 16.7 Å². The lowest BCUT2D eigenvalue weighted by Gasteiger charge is -2.07. The number of amides is 1. The molecule has 0 aliphatic carbocycles. The minimum Gasteiger partial charge on any atom is -0.484 e. The average molecular weight is 437 g/mol. The largest absolute Gasteiger partial charge is 0.484 e. The second kappa shape index (κ2) is 10.4. The van der Waals surface area contributed by atoms with Crippen LogP contribution in [0.25, 0.3) is 0 Å². The maximum absolute atomic E-state index is 12.1. The molecule has 7 heteroatoms. The fraction of sp³-hybridized carbons (Fsp3) is 0.125. The summed E-state index contributed by atoms with van der Waals surface area (Å²) < 4.78 is 10.8. The number of benzene rings is 3. The number of ether oxygens (including phenoxy) is 2. The summed E-state index contributed by atoms with van der Waals surface area (Å²) in [7, 11) is 0. The van der Waals surface area contributed by atoms with Crippen molar-refractivity contribution in [2.24, 2.45) is 5.10 Å². The van der Waals surface area contributed by atoms with Gasteiger partial charge in [-0.05, 0) is 85.1 Å². The fourth-order valence-corrected chi connectivity index (χ4v) is 2.76. The summed E-state index contributed by atoms with van der Waals surface area (Å²) in [6, 6.07) is 18.9. The van der Waals surface area contributed by atoms with Crippen molar-refractivity contribution in [1.82, 2.24) is 5.43 Å². The number of halogens is 1. The molecule has 0 aliphatic heterocycles. The van der Waals surface area contributed by atoms with E-state index in [4.69, 9.17) is 21.1 Å². The van der Waals surface area contributed by atoms with Crippen molar-refractivity contribution < 1.29 is 19.1 Å². The Bertz CT molecular complexity index is 1110. The maximum Gasteiger partial charge on any atom is 0.343 e. The molecule has 0 saturated carbocycles. The molecule has 0 fully saturated rings. The van der Waals surface area contributed by atoms with Gasteiger partial charge in [-0.2, -0.15) is 5.10 Å². The Hall–Kier alpha value is -3.64. The van der Waals surface area contributed by atoms with E-state index in [1.807, 2.05) is 32.0 Å². The zero-order valence-electron chi connectivity index (χ0n) is 17.1. The summed E-state index contributed by atoms with van der Waals surface area (Å²) in [6.07, 6.45) is 1.48. The number of carbonyl (C=O) groups excluding carboxylic acids is 2. The summed E-state index contributed by atoms with van der Waals surface area (Å²) in [4.78, 5) is 24.0. The maximum atomic E-state index is 12.1. The van der Waals surface area contributed by atoms with Crippen molar-refractivity contribution >= 4 is 29.7 Å². The molecular weight excluding hydrogens is 416 g/mol. The Morgan fingerprint density at radius 2 is 1.71 bits per heavy atom. The molecule has 1 N–H and O–H groups in total. The zero-order chi connectivity index (χ0) is 22.2. The predicted molar refractivity (Wildman–Crippen MR) is 120 cm³/mol. The SMILES string of the molecule is Cc1ccc(OCC(=O)N/N=C\c2ccc(OC(=O)c3cccc(Cl)c3)cc2)cc1C. The molecule has 3 aromatic carbocycles. The third-order valence-corrected chi connectivity index (χ3v) is 4.64. The van der Waals surface area contributed by atoms with Crippen LogP contribution in [0.5, 0.6) is 11.5 Å². The number of rotatable bonds is 7. The van der Waals surface area contributed by atoms with Gasteiger partial charge in [-0.1, -0.05) is 23.7 Å². The van der Waals surface area contributed by atoms with Gasteiger partial charge in [0, 0.05) is 5.02 Å². The van der Waals surface area contributed by atoms with Gasteiger partial charge < -0.3 is 9.47 Å². The summed E-state index contributed by atoms with van der Waals surface area (Å²) >= 11 is 5.89. The van der Waals surface area contributed by atoms with Crippen molar-refractivity contribution in [3.8, 4) is 11.5 Å². The van der Waals surface area contributed by atoms with Gasteiger partial charge in [-0.25, -0.2) is 10.2 Å². The van der Waals surface area contributed by atoms with Crippen LogP contribution in [-0.4, -0.2) is 24.7 Å². The number of hydrogen-bond donors (Lipinski definition) is 1. The lowest BCUT2D eigenvalue weighted by molar-refractivity contribution is -0.123. The first-order valence-electron chi connectivity index (χ1n) is 9.50. The lowest BCUT2D eigenvalue weighted by atomic mass is 10.1. The van der Waals surface area contributed by atoms with Crippen molar-refractivity contribution in [2.75, 3.05) is 6.61 Å². The van der Waals surface area contributed by atoms with E-state index in [-0.39, 0.29) is 12.5 Å². The minimum absolute atomic E-state index is 0.141. The molecule has 0 saturated heterocycles. The Kier molecular flexibility index (Phi) is 7.40. The fourth-order valence-electron chi connectivity index (χ4n) is 2.57. The number of hydrazone groups is 1. The molecule has 158 valence electrons. The normalized spacial score (nSPS) is 10.7.